The van der Waals surface area contributed by atoms with Crippen molar-refractivity contribution in [3.8, 4) is 11.1 Å². The molecule has 2 aliphatic heterocycles. The lowest BCUT2D eigenvalue weighted by atomic mass is 9.92. The number of halogens is 1. The van der Waals surface area contributed by atoms with Crippen LogP contribution < -0.4 is 5.32 Å². The highest BCUT2D eigenvalue weighted by molar-refractivity contribution is 6.36. The predicted octanol–water partition coefficient (Wildman–Crippen LogP) is 3.77. The number of likely N-dealkylation sites (tertiary alicyclic amines) is 1. The van der Waals surface area contributed by atoms with E-state index in [4.69, 9.17) is 11.6 Å². The molecule has 1 aromatic heterocycles. The maximum atomic E-state index is 13.4. The molecule has 2 aliphatic rings. The number of rotatable bonds is 5. The largest absolute Gasteiger partial charge is 0.395 e. The van der Waals surface area contributed by atoms with E-state index in [-0.39, 0.29) is 30.2 Å². The number of aliphatic hydroxyl groups is 1. The van der Waals surface area contributed by atoms with Gasteiger partial charge in [-0.05, 0) is 50.3 Å². The molecule has 1 saturated heterocycles. The normalized spacial score (nSPS) is 17.2. The Labute approximate surface area is 224 Å². The van der Waals surface area contributed by atoms with Crippen LogP contribution in [0.15, 0.2) is 48.5 Å². The fourth-order valence-corrected chi connectivity index (χ4v) is 6.08. The van der Waals surface area contributed by atoms with Gasteiger partial charge in [-0.15, -0.1) is 0 Å². The molecule has 0 saturated carbocycles. The van der Waals surface area contributed by atoms with Gasteiger partial charge >= 0.3 is 0 Å². The van der Waals surface area contributed by atoms with E-state index < -0.39 is 11.8 Å². The molecule has 194 valence electrons. The number of carbonyl (C=O) groups excluding carboxylic acids is 3. The number of hydrogen-bond acceptors (Lipinski definition) is 5. The Morgan fingerprint density at radius 2 is 1.82 bits per heavy atom. The van der Waals surface area contributed by atoms with Crippen molar-refractivity contribution < 1.29 is 19.5 Å². The molecule has 1 atom stereocenters. The summed E-state index contributed by atoms with van der Waals surface area (Å²) >= 11 is 6.51. The van der Waals surface area contributed by atoms with Crippen molar-refractivity contribution in [2.75, 3.05) is 33.8 Å². The molecule has 8 nitrogen and oxygen atoms in total. The first-order valence-electron chi connectivity index (χ1n) is 12.6. The molecule has 4 aromatic rings. The van der Waals surface area contributed by atoms with Crippen LogP contribution in [0.25, 0.3) is 32.9 Å². The lowest BCUT2D eigenvalue weighted by Gasteiger charge is -2.20. The molecule has 0 bridgehead atoms. The van der Waals surface area contributed by atoms with Crippen LogP contribution in [0.1, 0.15) is 37.5 Å². The van der Waals surface area contributed by atoms with Gasteiger partial charge in [0.1, 0.15) is 0 Å². The minimum Gasteiger partial charge on any atom is -0.395 e. The van der Waals surface area contributed by atoms with Crippen molar-refractivity contribution >= 4 is 51.1 Å². The zero-order valence-corrected chi connectivity index (χ0v) is 21.9. The third-order valence-corrected chi connectivity index (χ3v) is 8.08. The first-order valence-corrected chi connectivity index (χ1v) is 13.0. The molecule has 3 heterocycles. The van der Waals surface area contributed by atoms with Crippen LogP contribution in [-0.4, -0.2) is 77.0 Å². The molecular formula is C29H27ClN4O4. The van der Waals surface area contributed by atoms with E-state index in [0.717, 1.165) is 11.8 Å². The summed E-state index contributed by atoms with van der Waals surface area (Å²) in [5, 5.41) is 14.2. The van der Waals surface area contributed by atoms with Crippen molar-refractivity contribution in [3.05, 3.63) is 70.2 Å². The Kier molecular flexibility index (Phi) is 5.98. The Balaban J connectivity index is 1.59. The molecule has 1 fully saturated rings. The molecule has 0 aliphatic carbocycles. The maximum Gasteiger partial charge on any atom is 0.259 e. The van der Waals surface area contributed by atoms with Gasteiger partial charge in [-0.2, -0.15) is 0 Å². The second-order valence-electron chi connectivity index (χ2n) is 10.1. The van der Waals surface area contributed by atoms with Crippen LogP contribution in [0.5, 0.6) is 0 Å². The van der Waals surface area contributed by atoms with E-state index >= 15 is 0 Å². The van der Waals surface area contributed by atoms with Gasteiger partial charge in [0.05, 0.1) is 23.3 Å². The van der Waals surface area contributed by atoms with Gasteiger partial charge in [0, 0.05) is 58.1 Å². The SMILES string of the molecule is CN(C)[C@@H]1CCN(C(=O)c2ccc3c4c5c(c(-c6ccccc6Cl)cc4n(CCO)c3c2)C(=O)NC5=O)C1. The van der Waals surface area contributed by atoms with E-state index in [9.17, 15) is 19.5 Å². The summed E-state index contributed by atoms with van der Waals surface area (Å²) in [6.07, 6.45) is 0.922. The summed E-state index contributed by atoms with van der Waals surface area (Å²) in [6.45, 7) is 1.47. The summed E-state index contributed by atoms with van der Waals surface area (Å²) in [4.78, 5) is 43.5. The summed E-state index contributed by atoms with van der Waals surface area (Å²) in [5.41, 5.74) is 3.70. The number of nitrogens with one attached hydrogen (secondary N) is 1. The van der Waals surface area contributed by atoms with Gasteiger partial charge < -0.3 is 19.5 Å². The summed E-state index contributed by atoms with van der Waals surface area (Å²) in [7, 11) is 4.04. The van der Waals surface area contributed by atoms with Crippen molar-refractivity contribution in [2.24, 2.45) is 0 Å². The highest BCUT2D eigenvalue weighted by atomic mass is 35.5. The van der Waals surface area contributed by atoms with Crippen LogP contribution >= 0.6 is 11.6 Å². The van der Waals surface area contributed by atoms with Crippen molar-refractivity contribution in [3.63, 3.8) is 0 Å². The van der Waals surface area contributed by atoms with E-state index in [2.05, 4.69) is 10.2 Å². The van der Waals surface area contributed by atoms with Crippen molar-refractivity contribution in [2.45, 2.75) is 19.0 Å². The third-order valence-electron chi connectivity index (χ3n) is 7.75. The smallest absolute Gasteiger partial charge is 0.259 e. The molecule has 6 rings (SSSR count). The number of aliphatic hydroxyl groups excluding tert-OH is 1. The van der Waals surface area contributed by atoms with E-state index in [1.54, 1.807) is 18.2 Å². The first-order chi connectivity index (χ1) is 18.3. The van der Waals surface area contributed by atoms with Gasteiger partial charge in [0.15, 0.2) is 0 Å². The van der Waals surface area contributed by atoms with Crippen LogP contribution in [0.3, 0.4) is 0 Å². The summed E-state index contributed by atoms with van der Waals surface area (Å²) in [6, 6.07) is 14.8. The summed E-state index contributed by atoms with van der Waals surface area (Å²) < 4.78 is 1.91. The van der Waals surface area contributed by atoms with Crippen LogP contribution in [0, 0.1) is 0 Å². The second-order valence-corrected chi connectivity index (χ2v) is 10.5. The number of nitrogens with zero attached hydrogens (tertiary/aromatic N) is 3. The molecule has 0 unspecified atom stereocenters. The Hall–Kier alpha value is -3.72. The second kappa shape index (κ2) is 9.23. The molecule has 38 heavy (non-hydrogen) atoms. The van der Waals surface area contributed by atoms with Gasteiger partial charge in [0.2, 0.25) is 0 Å². The lowest BCUT2D eigenvalue weighted by Crippen LogP contribution is -2.34. The molecule has 2 N–H and O–H groups in total. The van der Waals surface area contributed by atoms with E-state index in [1.807, 2.05) is 53.9 Å². The Morgan fingerprint density at radius 3 is 2.53 bits per heavy atom. The monoisotopic (exact) mass is 530 g/mol. The molecule has 3 aromatic carbocycles. The number of benzene rings is 3. The zero-order chi connectivity index (χ0) is 26.7. The van der Waals surface area contributed by atoms with Crippen molar-refractivity contribution in [1.82, 2.24) is 19.7 Å². The Bertz CT molecular complexity index is 1660. The fourth-order valence-electron chi connectivity index (χ4n) is 5.84. The average molecular weight is 531 g/mol. The molecule has 9 heteroatoms. The predicted molar refractivity (Wildman–Crippen MR) is 147 cm³/mol. The highest BCUT2D eigenvalue weighted by Gasteiger charge is 2.35. The topological polar surface area (TPSA) is 94.9 Å². The maximum absolute atomic E-state index is 13.4. The van der Waals surface area contributed by atoms with Crippen LogP contribution in [-0.2, 0) is 6.54 Å². The Morgan fingerprint density at radius 1 is 1.05 bits per heavy atom. The molecule has 0 radical (unpaired) electrons. The standard InChI is InChI=1S/C29H27ClN4O4/c1-32(2)17-9-10-33(15-17)29(38)16-7-8-19-22(13-16)34(11-12-35)23-14-20(18-5-3-4-6-21(18)30)25-26(24(19)23)28(37)31-27(25)36/h3-8,13-14,17,35H,9-12,15H2,1-2H3,(H,31,36,37)/t17-/m1/s1. The van der Waals surface area contributed by atoms with Gasteiger partial charge in [-0.1, -0.05) is 35.9 Å². The fraction of sp³-hybridized carbons (Fsp3) is 0.276. The van der Waals surface area contributed by atoms with Crippen molar-refractivity contribution in [1.29, 1.82) is 0 Å². The van der Waals surface area contributed by atoms with E-state index in [1.165, 1.54) is 0 Å². The van der Waals surface area contributed by atoms with Crippen LogP contribution in [0.2, 0.25) is 5.02 Å². The minimum atomic E-state index is -0.473. The number of aromatic nitrogens is 1. The number of likely N-dealkylation sites (N-methyl/N-ethyl adjacent to an activating group) is 1. The number of imide groups is 1. The highest BCUT2D eigenvalue weighted by Crippen LogP contribution is 2.42. The molecule has 0 spiro atoms. The number of amides is 3. The van der Waals surface area contributed by atoms with Gasteiger partial charge in [0.25, 0.3) is 17.7 Å². The molecular weight excluding hydrogens is 504 g/mol. The zero-order valence-electron chi connectivity index (χ0n) is 21.1. The third kappa shape index (κ3) is 3.71. The summed E-state index contributed by atoms with van der Waals surface area (Å²) in [5.74, 6) is -0.994. The van der Waals surface area contributed by atoms with E-state index in [0.29, 0.717) is 57.3 Å². The van der Waals surface area contributed by atoms with Gasteiger partial charge in [-0.25, -0.2) is 0 Å². The molecule has 3 amide bonds. The first kappa shape index (κ1) is 24.6. The minimum absolute atomic E-state index is 0.0491. The quantitative estimate of drug-likeness (QED) is 0.383. The van der Waals surface area contributed by atoms with Crippen LogP contribution in [0.4, 0.5) is 0 Å². The number of fused-ring (bicyclic) bond motifs is 5. The number of carbonyl (C=O) groups is 3. The lowest BCUT2D eigenvalue weighted by molar-refractivity contribution is 0.0782. The van der Waals surface area contributed by atoms with Gasteiger partial charge in [-0.3, -0.25) is 19.7 Å². The average Bonchev–Trinajstić information content (AvgIpc) is 3.59. The number of hydrogen-bond donors (Lipinski definition) is 2.